The van der Waals surface area contributed by atoms with E-state index in [1.165, 1.54) is 0 Å². The van der Waals surface area contributed by atoms with Gasteiger partial charge in [-0.15, -0.1) is 0 Å². The lowest BCUT2D eigenvalue weighted by Gasteiger charge is -2.12. The van der Waals surface area contributed by atoms with Crippen LogP contribution in [0.4, 0.5) is 11.4 Å². The van der Waals surface area contributed by atoms with Gasteiger partial charge in [0.15, 0.2) is 0 Å². The molecule has 0 saturated carbocycles. The standard InChI is InChI=1S/C24H24N2O3/c1-3-17-9-5-6-10-20(17)25-23(27)18-13-15-19(16-14-18)24(28)26-21-11-7-8-12-22(21)29-4-2/h5-16H,3-4H2,1-2H3,(H,25,27)(H,26,28). The van der Waals surface area contributed by atoms with E-state index in [0.717, 1.165) is 17.7 Å². The third-order valence-electron chi connectivity index (χ3n) is 4.49. The Labute approximate surface area is 170 Å². The van der Waals surface area contributed by atoms with Gasteiger partial charge in [0.2, 0.25) is 0 Å². The summed E-state index contributed by atoms with van der Waals surface area (Å²) >= 11 is 0. The van der Waals surface area contributed by atoms with Crippen LogP contribution >= 0.6 is 0 Å². The Bertz CT molecular complexity index is 997. The SMILES string of the molecule is CCOc1ccccc1NC(=O)c1ccc(C(=O)Nc2ccccc2CC)cc1. The normalized spacial score (nSPS) is 10.3. The fourth-order valence-electron chi connectivity index (χ4n) is 2.96. The highest BCUT2D eigenvalue weighted by atomic mass is 16.5. The van der Waals surface area contributed by atoms with Gasteiger partial charge in [-0.25, -0.2) is 0 Å². The Morgan fingerprint density at radius 2 is 1.24 bits per heavy atom. The van der Waals surface area contributed by atoms with Crippen molar-refractivity contribution < 1.29 is 14.3 Å². The van der Waals surface area contributed by atoms with Gasteiger partial charge in [0, 0.05) is 16.8 Å². The number of carbonyl (C=O) groups excluding carboxylic acids is 2. The van der Waals surface area contributed by atoms with Crippen LogP contribution in [0.25, 0.3) is 0 Å². The number of ether oxygens (including phenoxy) is 1. The minimum Gasteiger partial charge on any atom is -0.492 e. The van der Waals surface area contributed by atoms with Gasteiger partial charge in [0.25, 0.3) is 11.8 Å². The van der Waals surface area contributed by atoms with E-state index in [1.54, 1.807) is 36.4 Å². The molecule has 5 nitrogen and oxygen atoms in total. The van der Waals surface area contributed by atoms with Crippen LogP contribution in [-0.4, -0.2) is 18.4 Å². The molecular weight excluding hydrogens is 364 g/mol. The molecule has 2 N–H and O–H groups in total. The monoisotopic (exact) mass is 388 g/mol. The quantitative estimate of drug-likeness (QED) is 0.588. The van der Waals surface area contributed by atoms with Gasteiger partial charge in [-0.2, -0.15) is 0 Å². The summed E-state index contributed by atoms with van der Waals surface area (Å²) in [5, 5.41) is 5.78. The number of aryl methyl sites for hydroxylation is 1. The van der Waals surface area contributed by atoms with Crippen LogP contribution in [0.5, 0.6) is 5.75 Å². The number of anilines is 2. The molecule has 3 aromatic rings. The minimum absolute atomic E-state index is 0.209. The first-order valence-corrected chi connectivity index (χ1v) is 9.64. The van der Waals surface area contributed by atoms with Crippen molar-refractivity contribution in [3.63, 3.8) is 0 Å². The second-order valence-electron chi connectivity index (χ2n) is 6.43. The summed E-state index contributed by atoms with van der Waals surface area (Å²) in [7, 11) is 0. The van der Waals surface area contributed by atoms with Crippen molar-refractivity contribution in [2.24, 2.45) is 0 Å². The zero-order chi connectivity index (χ0) is 20.6. The predicted molar refractivity (Wildman–Crippen MR) is 116 cm³/mol. The molecule has 0 aromatic heterocycles. The zero-order valence-corrected chi connectivity index (χ0v) is 16.6. The van der Waals surface area contributed by atoms with Crippen LogP contribution in [0.3, 0.4) is 0 Å². The van der Waals surface area contributed by atoms with Crippen molar-refractivity contribution >= 4 is 23.2 Å². The maximum Gasteiger partial charge on any atom is 0.255 e. The van der Waals surface area contributed by atoms with Crippen LogP contribution in [0.1, 0.15) is 40.1 Å². The van der Waals surface area contributed by atoms with E-state index in [9.17, 15) is 9.59 Å². The zero-order valence-electron chi connectivity index (χ0n) is 16.6. The van der Waals surface area contributed by atoms with Gasteiger partial charge >= 0.3 is 0 Å². The van der Waals surface area contributed by atoms with Crippen LogP contribution < -0.4 is 15.4 Å². The Morgan fingerprint density at radius 3 is 1.83 bits per heavy atom. The molecule has 0 atom stereocenters. The number of nitrogens with one attached hydrogen (secondary N) is 2. The second kappa shape index (κ2) is 9.55. The van der Waals surface area contributed by atoms with E-state index in [0.29, 0.717) is 29.2 Å². The molecule has 0 aliphatic carbocycles. The van der Waals surface area contributed by atoms with Crippen molar-refractivity contribution in [1.82, 2.24) is 0 Å². The van der Waals surface area contributed by atoms with E-state index >= 15 is 0 Å². The number of hydrogen-bond donors (Lipinski definition) is 2. The van der Waals surface area contributed by atoms with Gasteiger partial charge < -0.3 is 15.4 Å². The minimum atomic E-state index is -0.263. The van der Waals surface area contributed by atoms with Crippen LogP contribution in [0, 0.1) is 0 Å². The van der Waals surface area contributed by atoms with Gasteiger partial charge in [0.1, 0.15) is 5.75 Å². The van der Waals surface area contributed by atoms with Crippen molar-refractivity contribution in [3.8, 4) is 5.75 Å². The highest BCUT2D eigenvalue weighted by Crippen LogP contribution is 2.24. The third kappa shape index (κ3) is 5.02. The molecule has 0 bridgehead atoms. The average Bonchev–Trinajstić information content (AvgIpc) is 2.75. The first kappa shape index (κ1) is 20.1. The van der Waals surface area contributed by atoms with E-state index in [-0.39, 0.29) is 11.8 Å². The Balaban J connectivity index is 1.69. The first-order valence-electron chi connectivity index (χ1n) is 9.64. The third-order valence-corrected chi connectivity index (χ3v) is 4.49. The summed E-state index contributed by atoms with van der Waals surface area (Å²) in [4.78, 5) is 25.1. The molecule has 148 valence electrons. The number of amides is 2. The Morgan fingerprint density at radius 1 is 0.724 bits per heavy atom. The van der Waals surface area contributed by atoms with Gasteiger partial charge in [-0.05, 0) is 61.4 Å². The molecule has 0 saturated heterocycles. The van der Waals surface area contributed by atoms with E-state index in [1.807, 2.05) is 50.2 Å². The largest absolute Gasteiger partial charge is 0.492 e. The van der Waals surface area contributed by atoms with E-state index in [2.05, 4.69) is 10.6 Å². The molecule has 0 spiro atoms. The van der Waals surface area contributed by atoms with E-state index < -0.39 is 0 Å². The highest BCUT2D eigenvalue weighted by Gasteiger charge is 2.12. The van der Waals surface area contributed by atoms with Gasteiger partial charge in [-0.3, -0.25) is 9.59 Å². The molecule has 0 aliphatic heterocycles. The summed E-state index contributed by atoms with van der Waals surface area (Å²) in [5.74, 6) is 0.147. The molecule has 0 fully saturated rings. The Kier molecular flexibility index (Phi) is 6.63. The molecule has 29 heavy (non-hydrogen) atoms. The Hall–Kier alpha value is -3.60. The predicted octanol–water partition coefficient (Wildman–Crippen LogP) is 5.15. The van der Waals surface area contributed by atoms with Crippen LogP contribution in [-0.2, 0) is 6.42 Å². The lowest BCUT2D eigenvalue weighted by molar-refractivity contribution is 0.101. The molecule has 5 heteroatoms. The molecule has 2 amide bonds. The summed E-state index contributed by atoms with van der Waals surface area (Å²) in [6.45, 7) is 4.45. The maximum atomic E-state index is 12.6. The van der Waals surface area contributed by atoms with Crippen molar-refractivity contribution in [2.45, 2.75) is 20.3 Å². The summed E-state index contributed by atoms with van der Waals surface area (Å²) in [6.07, 6.45) is 0.832. The fourth-order valence-corrected chi connectivity index (χ4v) is 2.96. The molecule has 3 rings (SSSR count). The number of benzene rings is 3. The molecule has 0 unspecified atom stereocenters. The average molecular weight is 388 g/mol. The summed E-state index contributed by atoms with van der Waals surface area (Å²) < 4.78 is 5.53. The van der Waals surface area contributed by atoms with Crippen molar-refractivity contribution in [3.05, 3.63) is 89.5 Å². The van der Waals surface area contributed by atoms with E-state index in [4.69, 9.17) is 4.74 Å². The van der Waals surface area contributed by atoms with Crippen LogP contribution in [0.15, 0.2) is 72.8 Å². The highest BCUT2D eigenvalue weighted by molar-refractivity contribution is 6.07. The molecular formula is C24H24N2O3. The lowest BCUT2D eigenvalue weighted by Crippen LogP contribution is -2.15. The first-order chi connectivity index (χ1) is 14.1. The molecule has 0 aliphatic rings. The fraction of sp³-hybridized carbons (Fsp3) is 0.167. The number of hydrogen-bond acceptors (Lipinski definition) is 3. The van der Waals surface area contributed by atoms with Crippen molar-refractivity contribution in [1.29, 1.82) is 0 Å². The molecule has 0 radical (unpaired) electrons. The lowest BCUT2D eigenvalue weighted by atomic mass is 10.1. The summed E-state index contributed by atoms with van der Waals surface area (Å²) in [6, 6.07) is 21.6. The maximum absolute atomic E-state index is 12.6. The second-order valence-corrected chi connectivity index (χ2v) is 6.43. The molecule has 3 aromatic carbocycles. The number of carbonyl (C=O) groups is 2. The summed E-state index contributed by atoms with van der Waals surface area (Å²) in [5.41, 5.74) is 3.43. The molecule has 0 heterocycles. The smallest absolute Gasteiger partial charge is 0.255 e. The number of para-hydroxylation sites is 3. The van der Waals surface area contributed by atoms with Crippen LogP contribution in [0.2, 0.25) is 0 Å². The van der Waals surface area contributed by atoms with Crippen molar-refractivity contribution in [2.75, 3.05) is 17.2 Å². The topological polar surface area (TPSA) is 67.4 Å². The van der Waals surface area contributed by atoms with Gasteiger partial charge in [-0.1, -0.05) is 37.3 Å². The number of rotatable bonds is 7. The van der Waals surface area contributed by atoms with Gasteiger partial charge in [0.05, 0.1) is 12.3 Å².